The van der Waals surface area contributed by atoms with Gasteiger partial charge in [-0.3, -0.25) is 14.5 Å². The van der Waals surface area contributed by atoms with E-state index in [0.29, 0.717) is 25.1 Å². The Morgan fingerprint density at radius 3 is 3.05 bits per heavy atom. The highest BCUT2D eigenvalue weighted by molar-refractivity contribution is 7.90. The van der Waals surface area contributed by atoms with Gasteiger partial charge in [0.15, 0.2) is 0 Å². The molecule has 0 aliphatic carbocycles. The van der Waals surface area contributed by atoms with Crippen molar-refractivity contribution in [3.8, 4) is 0 Å². The van der Waals surface area contributed by atoms with Crippen LogP contribution in [-0.2, 0) is 19.7 Å². The molecule has 1 saturated heterocycles. The largest absolute Gasteiger partial charge is 0.465 e. The molecule has 0 bridgehead atoms. The molecular formula is C12H17N3O4S. The monoisotopic (exact) mass is 299 g/mol. The van der Waals surface area contributed by atoms with Gasteiger partial charge in [0.25, 0.3) is 0 Å². The predicted octanol–water partition coefficient (Wildman–Crippen LogP) is 0.766. The van der Waals surface area contributed by atoms with Crippen LogP contribution in [0, 0.1) is 0 Å². The van der Waals surface area contributed by atoms with Crippen molar-refractivity contribution < 1.29 is 17.9 Å². The van der Waals surface area contributed by atoms with Crippen LogP contribution in [0.3, 0.4) is 0 Å². The van der Waals surface area contributed by atoms with Crippen molar-refractivity contribution >= 4 is 21.9 Å². The highest BCUT2D eigenvalue weighted by atomic mass is 32.2. The molecule has 1 atom stereocenters. The number of aromatic nitrogens is 1. The zero-order chi connectivity index (χ0) is 14.6. The van der Waals surface area contributed by atoms with Crippen molar-refractivity contribution in [3.05, 3.63) is 24.5 Å². The number of anilines is 1. The second-order valence-electron chi connectivity index (χ2n) is 4.37. The van der Waals surface area contributed by atoms with E-state index in [1.165, 1.54) is 6.20 Å². The van der Waals surface area contributed by atoms with Crippen LogP contribution in [0.4, 0.5) is 5.69 Å². The Hall–Kier alpha value is -1.67. The molecule has 2 rings (SSSR count). The molecular weight excluding hydrogens is 282 g/mol. The number of pyridine rings is 1. The van der Waals surface area contributed by atoms with Gasteiger partial charge < -0.3 is 4.74 Å². The average molecular weight is 299 g/mol. The SMILES string of the molecule is CCOC(=O)[C@@H]1CCCN1S(=O)(=O)Nc1cccnc1. The Bertz CT molecular complexity index is 561. The summed E-state index contributed by atoms with van der Waals surface area (Å²) in [4.78, 5) is 15.6. The summed E-state index contributed by atoms with van der Waals surface area (Å²) in [6, 6.07) is 2.48. The molecule has 2 heterocycles. The van der Waals surface area contributed by atoms with Gasteiger partial charge in [0.1, 0.15) is 6.04 Å². The Morgan fingerprint density at radius 2 is 2.40 bits per heavy atom. The lowest BCUT2D eigenvalue weighted by Crippen LogP contribution is -2.44. The van der Waals surface area contributed by atoms with Crippen molar-refractivity contribution in [1.29, 1.82) is 0 Å². The summed E-state index contributed by atoms with van der Waals surface area (Å²) in [6.45, 7) is 2.23. The first-order valence-corrected chi connectivity index (χ1v) is 7.85. The number of carbonyl (C=O) groups excluding carboxylic acids is 1. The van der Waals surface area contributed by atoms with Crippen molar-refractivity contribution in [3.63, 3.8) is 0 Å². The fourth-order valence-corrected chi connectivity index (χ4v) is 3.56. The number of rotatable bonds is 5. The summed E-state index contributed by atoms with van der Waals surface area (Å²) in [6.07, 6.45) is 4.08. The van der Waals surface area contributed by atoms with Crippen molar-refractivity contribution in [1.82, 2.24) is 9.29 Å². The predicted molar refractivity (Wildman–Crippen MR) is 73.1 cm³/mol. The number of hydrogen-bond donors (Lipinski definition) is 1. The molecule has 8 heteroatoms. The molecule has 1 N–H and O–H groups in total. The normalized spacial score (nSPS) is 19.8. The van der Waals surface area contributed by atoms with Crippen LogP contribution in [-0.4, -0.2) is 42.9 Å². The van der Waals surface area contributed by atoms with Crippen molar-refractivity contribution in [2.24, 2.45) is 0 Å². The molecule has 0 amide bonds. The zero-order valence-corrected chi connectivity index (χ0v) is 12.0. The number of nitrogens with one attached hydrogen (secondary N) is 1. The number of ether oxygens (including phenoxy) is 1. The van der Waals surface area contributed by atoms with E-state index in [1.54, 1.807) is 25.3 Å². The average Bonchev–Trinajstić information content (AvgIpc) is 2.90. The number of hydrogen-bond acceptors (Lipinski definition) is 5. The maximum absolute atomic E-state index is 12.3. The first-order valence-electron chi connectivity index (χ1n) is 6.41. The molecule has 0 aromatic carbocycles. The molecule has 1 aliphatic heterocycles. The van der Waals surface area contributed by atoms with Gasteiger partial charge in [-0.05, 0) is 31.9 Å². The summed E-state index contributed by atoms with van der Waals surface area (Å²) in [5.74, 6) is -0.499. The number of nitrogens with zero attached hydrogens (tertiary/aromatic N) is 2. The smallest absolute Gasteiger partial charge is 0.324 e. The van der Waals surface area contributed by atoms with Crippen molar-refractivity contribution in [2.45, 2.75) is 25.8 Å². The summed E-state index contributed by atoms with van der Waals surface area (Å²) >= 11 is 0. The molecule has 1 aliphatic rings. The van der Waals surface area contributed by atoms with Crippen LogP contribution in [0.25, 0.3) is 0 Å². The molecule has 0 saturated carbocycles. The van der Waals surface area contributed by atoms with Gasteiger partial charge in [-0.25, -0.2) is 0 Å². The molecule has 110 valence electrons. The summed E-state index contributed by atoms with van der Waals surface area (Å²) < 4.78 is 33.1. The van der Waals surface area contributed by atoms with Gasteiger partial charge >= 0.3 is 16.2 Å². The molecule has 0 spiro atoms. The van der Waals surface area contributed by atoms with Crippen LogP contribution in [0.5, 0.6) is 0 Å². The second-order valence-corrected chi connectivity index (χ2v) is 5.99. The van der Waals surface area contributed by atoms with Crippen LogP contribution >= 0.6 is 0 Å². The zero-order valence-electron chi connectivity index (χ0n) is 11.2. The fourth-order valence-electron chi connectivity index (χ4n) is 2.13. The minimum absolute atomic E-state index is 0.235. The van der Waals surface area contributed by atoms with E-state index in [2.05, 4.69) is 9.71 Å². The lowest BCUT2D eigenvalue weighted by molar-refractivity contribution is -0.146. The van der Waals surface area contributed by atoms with E-state index in [-0.39, 0.29) is 6.61 Å². The van der Waals surface area contributed by atoms with Gasteiger partial charge in [0.05, 0.1) is 18.5 Å². The van der Waals surface area contributed by atoms with E-state index in [0.717, 1.165) is 4.31 Å². The van der Waals surface area contributed by atoms with Crippen LogP contribution in [0.1, 0.15) is 19.8 Å². The lowest BCUT2D eigenvalue weighted by Gasteiger charge is -2.22. The molecule has 1 fully saturated rings. The van der Waals surface area contributed by atoms with Crippen LogP contribution < -0.4 is 4.72 Å². The van der Waals surface area contributed by atoms with Gasteiger partial charge in [-0.15, -0.1) is 0 Å². The Balaban J connectivity index is 2.14. The fraction of sp³-hybridized carbons (Fsp3) is 0.500. The molecule has 7 nitrogen and oxygen atoms in total. The molecule has 1 aromatic rings. The highest BCUT2D eigenvalue weighted by Crippen LogP contribution is 2.23. The van der Waals surface area contributed by atoms with E-state index in [4.69, 9.17) is 4.74 Å². The molecule has 0 radical (unpaired) electrons. The third kappa shape index (κ3) is 3.26. The van der Waals surface area contributed by atoms with Gasteiger partial charge in [0.2, 0.25) is 0 Å². The minimum atomic E-state index is -3.78. The third-order valence-electron chi connectivity index (χ3n) is 2.98. The summed E-state index contributed by atoms with van der Waals surface area (Å²) in [5.41, 5.74) is 0.363. The van der Waals surface area contributed by atoms with Crippen molar-refractivity contribution in [2.75, 3.05) is 17.9 Å². The van der Waals surface area contributed by atoms with E-state index < -0.39 is 22.2 Å². The van der Waals surface area contributed by atoms with E-state index >= 15 is 0 Å². The quantitative estimate of drug-likeness (QED) is 0.811. The maximum atomic E-state index is 12.3. The van der Waals surface area contributed by atoms with E-state index in [9.17, 15) is 13.2 Å². The third-order valence-corrected chi connectivity index (χ3v) is 4.53. The Morgan fingerprint density at radius 1 is 1.60 bits per heavy atom. The first kappa shape index (κ1) is 14.7. The first-order chi connectivity index (χ1) is 9.54. The number of carbonyl (C=O) groups is 1. The second kappa shape index (κ2) is 6.19. The van der Waals surface area contributed by atoms with Crippen LogP contribution in [0.15, 0.2) is 24.5 Å². The Labute approximate surface area is 118 Å². The lowest BCUT2D eigenvalue weighted by atomic mass is 10.2. The highest BCUT2D eigenvalue weighted by Gasteiger charge is 2.39. The van der Waals surface area contributed by atoms with Gasteiger partial charge in [-0.2, -0.15) is 12.7 Å². The topological polar surface area (TPSA) is 88.6 Å². The van der Waals surface area contributed by atoms with E-state index in [1.807, 2.05) is 0 Å². The molecule has 0 unspecified atom stereocenters. The van der Waals surface area contributed by atoms with Gasteiger partial charge in [-0.1, -0.05) is 0 Å². The summed E-state index contributed by atoms with van der Waals surface area (Å²) in [5, 5.41) is 0. The molecule has 20 heavy (non-hydrogen) atoms. The molecule has 1 aromatic heterocycles. The maximum Gasteiger partial charge on any atom is 0.324 e. The van der Waals surface area contributed by atoms with Gasteiger partial charge in [0, 0.05) is 12.7 Å². The number of esters is 1. The summed E-state index contributed by atoms with van der Waals surface area (Å²) in [7, 11) is -3.78. The Kier molecular flexibility index (Phi) is 4.56. The van der Waals surface area contributed by atoms with Crippen LogP contribution in [0.2, 0.25) is 0 Å². The minimum Gasteiger partial charge on any atom is -0.465 e. The standard InChI is InChI=1S/C12H17N3O4S/c1-2-19-12(16)11-6-4-8-15(11)20(17,18)14-10-5-3-7-13-9-10/h3,5,7,9,11,14H,2,4,6,8H2,1H3/t11-/m0/s1.